The van der Waals surface area contributed by atoms with E-state index in [1.165, 1.54) is 6.92 Å². The molecule has 0 aromatic carbocycles. The Morgan fingerprint density at radius 3 is 1.35 bits per heavy atom. The van der Waals surface area contributed by atoms with Crippen molar-refractivity contribution in [2.45, 2.75) is 33.9 Å². The van der Waals surface area contributed by atoms with Crippen molar-refractivity contribution in [3.8, 4) is 0 Å². The molecule has 26 heavy (non-hydrogen) atoms. The Kier molecular flexibility index (Phi) is 28.5. The number of halogens is 4. The Morgan fingerprint density at radius 2 is 1.15 bits per heavy atom. The van der Waals surface area contributed by atoms with E-state index in [4.69, 9.17) is 0 Å². The van der Waals surface area contributed by atoms with Crippen molar-refractivity contribution in [3.05, 3.63) is 0 Å². The van der Waals surface area contributed by atoms with Gasteiger partial charge in [-0.2, -0.15) is 16.8 Å². The first-order valence-electron chi connectivity index (χ1n) is 6.16. The normalized spacial score (nSPS) is 10.9. The SMILES string of the molecule is C.C.CCF.CF.O=S(=O)(CC(F)(CCF)CS(=O)(=O)OCS)OCS. The van der Waals surface area contributed by atoms with E-state index in [9.17, 15) is 34.4 Å². The van der Waals surface area contributed by atoms with Crippen LogP contribution in [0.5, 0.6) is 0 Å². The van der Waals surface area contributed by atoms with Gasteiger partial charge in [0.15, 0.2) is 0 Å². The topological polar surface area (TPSA) is 86.7 Å². The zero-order valence-corrected chi connectivity index (χ0v) is 16.5. The largest absolute Gasteiger partial charge is 0.271 e. The van der Waals surface area contributed by atoms with Gasteiger partial charge < -0.3 is 0 Å². The molecule has 14 heteroatoms. The average Bonchev–Trinajstić information content (AvgIpc) is 2.39. The van der Waals surface area contributed by atoms with Crippen LogP contribution in [0.2, 0.25) is 0 Å². The second kappa shape index (κ2) is 20.0. The van der Waals surface area contributed by atoms with E-state index in [2.05, 4.69) is 33.6 Å². The third-order valence-electron chi connectivity index (χ3n) is 1.88. The average molecular weight is 475 g/mol. The highest BCUT2D eigenvalue weighted by molar-refractivity contribution is 7.88. The summed E-state index contributed by atoms with van der Waals surface area (Å²) >= 11 is 6.97. The van der Waals surface area contributed by atoms with Crippen LogP contribution in [-0.4, -0.2) is 66.4 Å². The van der Waals surface area contributed by atoms with Gasteiger partial charge in [-0.15, -0.1) is 25.3 Å². The molecule has 0 N–H and O–H groups in total. The summed E-state index contributed by atoms with van der Waals surface area (Å²) in [5.74, 6) is -3.68. The van der Waals surface area contributed by atoms with Crippen molar-refractivity contribution in [3.63, 3.8) is 0 Å². The van der Waals surface area contributed by atoms with Gasteiger partial charge in [-0.1, -0.05) is 14.9 Å². The summed E-state index contributed by atoms with van der Waals surface area (Å²) < 4.78 is 99.7. The highest BCUT2D eigenvalue weighted by Gasteiger charge is 2.40. The van der Waals surface area contributed by atoms with Crippen molar-refractivity contribution >= 4 is 45.5 Å². The maximum atomic E-state index is 14.2. The summed E-state index contributed by atoms with van der Waals surface area (Å²) in [6.45, 7) is -0.0245. The Bertz CT molecular complexity index is 450. The first-order valence-corrected chi connectivity index (χ1v) is 10.6. The van der Waals surface area contributed by atoms with E-state index in [0.717, 1.165) is 0 Å². The van der Waals surface area contributed by atoms with Crippen molar-refractivity contribution in [2.24, 2.45) is 0 Å². The van der Waals surface area contributed by atoms with E-state index in [1.807, 2.05) is 0 Å². The molecule has 0 heterocycles. The van der Waals surface area contributed by atoms with Crippen LogP contribution in [0.3, 0.4) is 0 Å². The molecule has 0 aliphatic rings. The zero-order chi connectivity index (χ0) is 19.9. The van der Waals surface area contributed by atoms with E-state index in [0.29, 0.717) is 7.18 Å². The fraction of sp³-hybridized carbons (Fsp3) is 1.00. The minimum Gasteiger partial charge on any atom is -0.259 e. The lowest BCUT2D eigenvalue weighted by atomic mass is 10.1. The molecule has 0 aliphatic carbocycles. The van der Waals surface area contributed by atoms with Crippen LogP contribution in [0.15, 0.2) is 0 Å². The maximum absolute atomic E-state index is 14.2. The minimum atomic E-state index is -4.36. The molecule has 166 valence electrons. The lowest BCUT2D eigenvalue weighted by Crippen LogP contribution is -2.41. The van der Waals surface area contributed by atoms with E-state index >= 15 is 0 Å². The van der Waals surface area contributed by atoms with Gasteiger partial charge >= 0.3 is 0 Å². The standard InChI is InChI=1S/C7H14F2O6S4.C2H5F.CH3F.2CH4/c8-2-1-7(9,3-18(10,11)14-5-16)4-19(12,13)15-6-17;1-2-3;1-2;;/h16-17H,1-6H2;2H2,1H3;1H3;2*1H4. The molecule has 0 saturated carbocycles. The van der Waals surface area contributed by atoms with Gasteiger partial charge in [0.2, 0.25) is 0 Å². The van der Waals surface area contributed by atoms with E-state index < -0.39 is 62.4 Å². The van der Waals surface area contributed by atoms with E-state index in [1.54, 1.807) is 0 Å². The zero-order valence-electron chi connectivity index (χ0n) is 13.1. The van der Waals surface area contributed by atoms with Crippen LogP contribution in [0.25, 0.3) is 0 Å². The first-order chi connectivity index (χ1) is 11.0. The number of alkyl halides is 4. The lowest BCUT2D eigenvalue weighted by Gasteiger charge is -2.22. The summed E-state index contributed by atoms with van der Waals surface area (Å²) in [7, 11) is -8.21. The van der Waals surface area contributed by atoms with Crippen LogP contribution in [0.4, 0.5) is 17.6 Å². The molecule has 6 nitrogen and oxygen atoms in total. The molecule has 0 aromatic heterocycles. The molecular formula is C12H30F4O6S4. The Labute approximate surface area is 166 Å². The molecule has 0 amide bonds. The van der Waals surface area contributed by atoms with Gasteiger partial charge in [-0.25, -0.2) is 4.39 Å². The smallest absolute Gasteiger partial charge is 0.259 e. The van der Waals surface area contributed by atoms with Crippen LogP contribution >= 0.6 is 25.3 Å². The third-order valence-corrected chi connectivity index (χ3v) is 5.18. The molecule has 0 aliphatic heterocycles. The lowest BCUT2D eigenvalue weighted by molar-refractivity contribution is 0.181. The first kappa shape index (κ1) is 37.1. The fourth-order valence-corrected chi connectivity index (χ4v) is 4.57. The van der Waals surface area contributed by atoms with Gasteiger partial charge in [0.1, 0.15) is 29.1 Å². The van der Waals surface area contributed by atoms with Gasteiger partial charge in [-0.05, 0) is 6.92 Å². The Morgan fingerprint density at radius 1 is 0.885 bits per heavy atom. The molecule has 0 bridgehead atoms. The van der Waals surface area contributed by atoms with Crippen LogP contribution in [-0.2, 0) is 28.6 Å². The number of rotatable bonds is 10. The van der Waals surface area contributed by atoms with Crippen molar-refractivity contribution < 1.29 is 42.8 Å². The predicted molar refractivity (Wildman–Crippen MR) is 104 cm³/mol. The summed E-state index contributed by atoms with van der Waals surface area (Å²) in [5, 5.41) is 0. The molecular weight excluding hydrogens is 444 g/mol. The molecule has 0 rings (SSSR count). The Balaban J connectivity index is -0.000000189. The molecule has 0 saturated heterocycles. The maximum Gasteiger partial charge on any atom is 0.271 e. The van der Waals surface area contributed by atoms with Gasteiger partial charge in [0.25, 0.3) is 20.2 Å². The summed E-state index contributed by atoms with van der Waals surface area (Å²) in [6, 6.07) is 0. The number of hydrogen-bond acceptors (Lipinski definition) is 8. The summed E-state index contributed by atoms with van der Waals surface area (Å²) in [6.07, 6.45) is -0.919. The van der Waals surface area contributed by atoms with Gasteiger partial charge in [0, 0.05) is 6.42 Å². The summed E-state index contributed by atoms with van der Waals surface area (Å²) in [5.41, 5.74) is -2.85. The van der Waals surface area contributed by atoms with Gasteiger partial charge in [0.05, 0.1) is 20.5 Å². The third kappa shape index (κ3) is 22.3. The molecule has 0 radical (unpaired) electrons. The fourth-order valence-electron chi connectivity index (χ4n) is 1.23. The monoisotopic (exact) mass is 474 g/mol. The van der Waals surface area contributed by atoms with Gasteiger partial charge in [-0.3, -0.25) is 21.5 Å². The van der Waals surface area contributed by atoms with Crippen LogP contribution < -0.4 is 0 Å². The summed E-state index contributed by atoms with van der Waals surface area (Å²) in [4.78, 5) is 0. The highest BCUT2D eigenvalue weighted by atomic mass is 32.2. The van der Waals surface area contributed by atoms with Crippen LogP contribution in [0.1, 0.15) is 28.2 Å². The quantitative estimate of drug-likeness (QED) is 0.219. The minimum absolute atomic E-state index is 0. The second-order valence-corrected chi connectivity index (χ2v) is 7.55. The molecule has 0 fully saturated rings. The molecule has 0 aromatic rings. The van der Waals surface area contributed by atoms with Crippen LogP contribution in [0, 0.1) is 0 Å². The second-order valence-electron chi connectivity index (χ2n) is 3.76. The number of thiol groups is 2. The number of hydrogen-bond donors (Lipinski definition) is 2. The van der Waals surface area contributed by atoms with Crippen molar-refractivity contribution in [1.29, 1.82) is 0 Å². The van der Waals surface area contributed by atoms with Crippen molar-refractivity contribution in [1.82, 2.24) is 0 Å². The van der Waals surface area contributed by atoms with E-state index in [-0.39, 0.29) is 21.5 Å². The molecule has 0 unspecified atom stereocenters. The predicted octanol–water partition coefficient (Wildman–Crippen LogP) is 3.36. The molecule has 0 spiro atoms. The van der Waals surface area contributed by atoms with Crippen molar-refractivity contribution in [2.75, 3.05) is 43.9 Å². The Hall–Kier alpha value is 0.240. The highest BCUT2D eigenvalue weighted by Crippen LogP contribution is 2.23. The molecule has 0 atom stereocenters.